The third-order valence-corrected chi connectivity index (χ3v) is 3.72. The number of ether oxygens (including phenoxy) is 1. The van der Waals surface area contributed by atoms with Crippen molar-refractivity contribution in [3.05, 3.63) is 65.7 Å². The number of rotatable bonds is 5. The molecule has 0 aliphatic heterocycles. The number of hydrogen-bond donors (Lipinski definition) is 0. The Morgan fingerprint density at radius 1 is 0.947 bits per heavy atom. The highest BCUT2D eigenvalue weighted by Gasteiger charge is 2.08. The molecule has 0 N–H and O–H groups in total. The maximum absolute atomic E-state index is 5.65. The molecule has 2 aromatic rings. The maximum Gasteiger partial charge on any atom is 0.119 e. The van der Waals surface area contributed by atoms with Crippen molar-refractivity contribution in [3.63, 3.8) is 0 Å². The van der Waals surface area contributed by atoms with Crippen LogP contribution in [-0.2, 0) is 6.42 Å². The summed E-state index contributed by atoms with van der Waals surface area (Å²) < 4.78 is 5.65. The van der Waals surface area contributed by atoms with Crippen molar-refractivity contribution in [2.24, 2.45) is 0 Å². The Balaban J connectivity index is 2.01. The molecule has 0 spiro atoms. The molecule has 0 saturated heterocycles. The number of alkyl halides is 1. The Bertz CT molecular complexity index is 490. The number of benzene rings is 2. The summed E-state index contributed by atoms with van der Waals surface area (Å²) in [6.45, 7) is 4.08. The molecule has 0 heterocycles. The smallest absolute Gasteiger partial charge is 0.119 e. The Hall–Kier alpha value is -1.28. The van der Waals surface area contributed by atoms with E-state index in [1.807, 2.05) is 32.0 Å². The predicted octanol–water partition coefficient (Wildman–Crippen LogP) is 5.15. The van der Waals surface area contributed by atoms with Gasteiger partial charge < -0.3 is 4.74 Å². The van der Waals surface area contributed by atoms with Crippen LogP contribution >= 0.6 is 15.9 Å². The van der Waals surface area contributed by atoms with Gasteiger partial charge in [0.2, 0.25) is 0 Å². The van der Waals surface area contributed by atoms with Crippen molar-refractivity contribution >= 4 is 15.9 Å². The van der Waals surface area contributed by atoms with Crippen molar-refractivity contribution in [2.75, 3.05) is 0 Å². The van der Waals surface area contributed by atoms with Crippen LogP contribution in [0.3, 0.4) is 0 Å². The van der Waals surface area contributed by atoms with Gasteiger partial charge in [-0.05, 0) is 43.5 Å². The van der Waals surface area contributed by atoms with Gasteiger partial charge in [-0.1, -0.05) is 58.4 Å². The van der Waals surface area contributed by atoms with Crippen LogP contribution in [0, 0.1) is 0 Å². The molecule has 0 amide bonds. The summed E-state index contributed by atoms with van der Waals surface area (Å²) in [5.41, 5.74) is 2.62. The second-order valence-electron chi connectivity index (χ2n) is 4.89. The fourth-order valence-electron chi connectivity index (χ4n) is 1.97. The van der Waals surface area contributed by atoms with E-state index in [4.69, 9.17) is 4.74 Å². The Labute approximate surface area is 123 Å². The van der Waals surface area contributed by atoms with Crippen LogP contribution in [0.2, 0.25) is 0 Å². The summed E-state index contributed by atoms with van der Waals surface area (Å²) >= 11 is 3.76. The van der Waals surface area contributed by atoms with Gasteiger partial charge >= 0.3 is 0 Å². The average Bonchev–Trinajstić information content (AvgIpc) is 2.40. The fraction of sp³-hybridized carbons (Fsp3) is 0.294. The van der Waals surface area contributed by atoms with Crippen molar-refractivity contribution in [3.8, 4) is 5.75 Å². The summed E-state index contributed by atoms with van der Waals surface area (Å²) in [6.07, 6.45) is 1.21. The Morgan fingerprint density at radius 3 is 2.16 bits per heavy atom. The zero-order chi connectivity index (χ0) is 13.7. The first-order valence-electron chi connectivity index (χ1n) is 6.60. The monoisotopic (exact) mass is 318 g/mol. The molecule has 1 atom stereocenters. The molecule has 0 bridgehead atoms. The lowest BCUT2D eigenvalue weighted by molar-refractivity contribution is 0.242. The second-order valence-corrected chi connectivity index (χ2v) is 6.00. The van der Waals surface area contributed by atoms with E-state index in [2.05, 4.69) is 52.3 Å². The largest absolute Gasteiger partial charge is 0.491 e. The lowest BCUT2D eigenvalue weighted by Crippen LogP contribution is -2.05. The molecule has 2 heteroatoms. The third-order valence-electron chi connectivity index (χ3n) is 2.87. The van der Waals surface area contributed by atoms with Gasteiger partial charge in [-0.25, -0.2) is 0 Å². The lowest BCUT2D eigenvalue weighted by atomic mass is 10.0. The molecule has 2 aromatic carbocycles. The standard InChI is InChI=1S/C17H19BrO/c1-13(2)19-16-10-8-15(9-11-16)17(18)12-14-6-4-3-5-7-14/h3-11,13,17H,12H2,1-2H3. The summed E-state index contributed by atoms with van der Waals surface area (Å²) in [7, 11) is 0. The first-order chi connectivity index (χ1) is 9.15. The van der Waals surface area contributed by atoms with Crippen LogP contribution in [0.5, 0.6) is 5.75 Å². The van der Waals surface area contributed by atoms with E-state index in [9.17, 15) is 0 Å². The predicted molar refractivity (Wildman–Crippen MR) is 84.0 cm³/mol. The van der Waals surface area contributed by atoms with Gasteiger partial charge in [0.1, 0.15) is 5.75 Å². The molecule has 0 fully saturated rings. The molecule has 100 valence electrons. The summed E-state index contributed by atoms with van der Waals surface area (Å²) in [5, 5.41) is 0. The topological polar surface area (TPSA) is 9.23 Å². The fourth-order valence-corrected chi connectivity index (χ4v) is 2.65. The highest BCUT2D eigenvalue weighted by Crippen LogP contribution is 2.28. The summed E-state index contributed by atoms with van der Waals surface area (Å²) in [5.74, 6) is 0.929. The molecule has 0 saturated carbocycles. The normalized spacial score (nSPS) is 12.4. The van der Waals surface area contributed by atoms with Crippen molar-refractivity contribution in [1.29, 1.82) is 0 Å². The molecular weight excluding hydrogens is 300 g/mol. The quantitative estimate of drug-likeness (QED) is 0.692. The highest BCUT2D eigenvalue weighted by molar-refractivity contribution is 9.09. The van der Waals surface area contributed by atoms with E-state index >= 15 is 0 Å². The molecule has 19 heavy (non-hydrogen) atoms. The highest BCUT2D eigenvalue weighted by atomic mass is 79.9. The van der Waals surface area contributed by atoms with E-state index in [1.165, 1.54) is 11.1 Å². The van der Waals surface area contributed by atoms with Crippen molar-refractivity contribution in [1.82, 2.24) is 0 Å². The molecule has 1 unspecified atom stereocenters. The zero-order valence-electron chi connectivity index (χ0n) is 11.3. The van der Waals surface area contributed by atoms with Crippen LogP contribution in [0.1, 0.15) is 29.8 Å². The third kappa shape index (κ3) is 4.39. The molecule has 0 aliphatic rings. The van der Waals surface area contributed by atoms with Crippen LogP contribution in [-0.4, -0.2) is 6.10 Å². The zero-order valence-corrected chi connectivity index (χ0v) is 12.9. The second kappa shape index (κ2) is 6.76. The number of hydrogen-bond acceptors (Lipinski definition) is 1. The molecule has 0 aromatic heterocycles. The Kier molecular flexibility index (Phi) is 5.03. The molecule has 1 nitrogen and oxygen atoms in total. The van der Waals surface area contributed by atoms with E-state index in [0.29, 0.717) is 4.83 Å². The van der Waals surface area contributed by atoms with Crippen molar-refractivity contribution in [2.45, 2.75) is 31.2 Å². The molecular formula is C17H19BrO. The molecule has 0 radical (unpaired) electrons. The minimum atomic E-state index is 0.218. The van der Waals surface area contributed by atoms with Gasteiger partial charge in [0.15, 0.2) is 0 Å². The van der Waals surface area contributed by atoms with Crippen LogP contribution in [0.15, 0.2) is 54.6 Å². The lowest BCUT2D eigenvalue weighted by Gasteiger charge is -2.13. The van der Waals surface area contributed by atoms with Gasteiger partial charge in [0.25, 0.3) is 0 Å². The molecule has 0 aliphatic carbocycles. The SMILES string of the molecule is CC(C)Oc1ccc(C(Br)Cc2ccccc2)cc1. The minimum absolute atomic E-state index is 0.218. The number of halogens is 1. The van der Waals surface area contributed by atoms with E-state index in [0.717, 1.165) is 12.2 Å². The van der Waals surface area contributed by atoms with Gasteiger partial charge in [0.05, 0.1) is 6.10 Å². The van der Waals surface area contributed by atoms with Gasteiger partial charge in [-0.3, -0.25) is 0 Å². The van der Waals surface area contributed by atoms with Gasteiger partial charge in [0, 0.05) is 4.83 Å². The van der Waals surface area contributed by atoms with Gasteiger partial charge in [-0.15, -0.1) is 0 Å². The van der Waals surface area contributed by atoms with Gasteiger partial charge in [-0.2, -0.15) is 0 Å². The maximum atomic E-state index is 5.65. The van der Waals surface area contributed by atoms with Crippen LogP contribution in [0.25, 0.3) is 0 Å². The van der Waals surface area contributed by atoms with Crippen LogP contribution < -0.4 is 4.74 Å². The summed E-state index contributed by atoms with van der Waals surface area (Å²) in [6, 6.07) is 18.8. The first kappa shape index (κ1) is 14.1. The minimum Gasteiger partial charge on any atom is -0.491 e. The van der Waals surface area contributed by atoms with Crippen molar-refractivity contribution < 1.29 is 4.74 Å². The average molecular weight is 319 g/mol. The first-order valence-corrected chi connectivity index (χ1v) is 7.51. The van der Waals surface area contributed by atoms with E-state index < -0.39 is 0 Å². The van der Waals surface area contributed by atoms with E-state index in [1.54, 1.807) is 0 Å². The van der Waals surface area contributed by atoms with E-state index in [-0.39, 0.29) is 6.10 Å². The van der Waals surface area contributed by atoms with Crippen LogP contribution in [0.4, 0.5) is 0 Å². The molecule has 2 rings (SSSR count). The summed E-state index contributed by atoms with van der Waals surface area (Å²) in [4.78, 5) is 0.336. The Morgan fingerprint density at radius 2 is 1.58 bits per heavy atom.